The van der Waals surface area contributed by atoms with Gasteiger partial charge in [0.05, 0.1) is 26.8 Å². The van der Waals surface area contributed by atoms with Crippen molar-refractivity contribution >= 4 is 16.8 Å². The van der Waals surface area contributed by atoms with Crippen molar-refractivity contribution in [2.24, 2.45) is 0 Å². The van der Waals surface area contributed by atoms with E-state index in [1.807, 2.05) is 37.3 Å². The number of para-hydroxylation sites is 1. The molecule has 2 aromatic carbocycles. The van der Waals surface area contributed by atoms with Gasteiger partial charge in [0.25, 0.3) is 5.56 Å². The molecule has 164 valence electrons. The maximum absolute atomic E-state index is 12.9. The Morgan fingerprint density at radius 1 is 1.00 bits per heavy atom. The molecule has 0 aliphatic rings. The summed E-state index contributed by atoms with van der Waals surface area (Å²) in [4.78, 5) is 25.7. The fraction of sp³-hybridized carbons (Fsp3) is 0.333. The first kappa shape index (κ1) is 22.2. The van der Waals surface area contributed by atoms with E-state index in [4.69, 9.17) is 14.2 Å². The smallest absolute Gasteiger partial charge is 0.252 e. The summed E-state index contributed by atoms with van der Waals surface area (Å²) in [6.07, 6.45) is 0.617. The number of hydrogen-bond acceptors (Lipinski definition) is 5. The van der Waals surface area contributed by atoms with Gasteiger partial charge in [-0.15, -0.1) is 0 Å². The lowest BCUT2D eigenvalue weighted by atomic mass is 10.1. The van der Waals surface area contributed by atoms with Crippen molar-refractivity contribution in [1.82, 2.24) is 9.88 Å². The highest BCUT2D eigenvalue weighted by molar-refractivity contribution is 5.90. The molecule has 0 aliphatic carbocycles. The molecule has 0 fully saturated rings. The first-order valence-corrected chi connectivity index (χ1v) is 10.1. The van der Waals surface area contributed by atoms with Crippen LogP contribution in [0.5, 0.6) is 17.2 Å². The molecule has 31 heavy (non-hydrogen) atoms. The number of carbonyl (C=O) groups is 1. The van der Waals surface area contributed by atoms with Gasteiger partial charge in [0, 0.05) is 18.0 Å². The van der Waals surface area contributed by atoms with Crippen molar-refractivity contribution in [3.05, 3.63) is 63.9 Å². The third-order valence-corrected chi connectivity index (χ3v) is 5.39. The molecule has 0 saturated carbocycles. The van der Waals surface area contributed by atoms with Crippen LogP contribution in [-0.2, 0) is 11.2 Å². The molecule has 3 rings (SSSR count). The zero-order valence-electron chi connectivity index (χ0n) is 18.5. The van der Waals surface area contributed by atoms with Crippen LogP contribution in [0.2, 0.25) is 0 Å². The van der Waals surface area contributed by atoms with Crippen LogP contribution >= 0.6 is 0 Å². The molecule has 0 bridgehead atoms. The summed E-state index contributed by atoms with van der Waals surface area (Å²) in [6.45, 7) is 4.02. The number of rotatable bonds is 8. The van der Waals surface area contributed by atoms with Crippen LogP contribution < -0.4 is 25.1 Å². The summed E-state index contributed by atoms with van der Waals surface area (Å²) in [7, 11) is 4.73. The van der Waals surface area contributed by atoms with Crippen LogP contribution in [0.3, 0.4) is 0 Å². The Balaban J connectivity index is 1.80. The van der Waals surface area contributed by atoms with Crippen LogP contribution in [0.1, 0.15) is 24.1 Å². The van der Waals surface area contributed by atoms with Crippen molar-refractivity contribution in [2.75, 3.05) is 27.9 Å². The van der Waals surface area contributed by atoms with E-state index in [0.29, 0.717) is 35.7 Å². The monoisotopic (exact) mass is 424 g/mol. The molecular formula is C24H28N2O5. The number of aromatic nitrogens is 1. The molecule has 1 atom stereocenters. The molecule has 1 unspecified atom stereocenters. The summed E-state index contributed by atoms with van der Waals surface area (Å²) in [5.41, 5.74) is 2.23. The van der Waals surface area contributed by atoms with Crippen molar-refractivity contribution < 1.29 is 19.0 Å². The number of ether oxygens (including phenoxy) is 3. The van der Waals surface area contributed by atoms with Crippen molar-refractivity contribution in [1.29, 1.82) is 0 Å². The summed E-state index contributed by atoms with van der Waals surface area (Å²) < 4.78 is 17.5. The minimum absolute atomic E-state index is 0.237. The summed E-state index contributed by atoms with van der Waals surface area (Å²) in [5, 5.41) is 3.81. The van der Waals surface area contributed by atoms with Gasteiger partial charge in [-0.3, -0.25) is 14.2 Å². The van der Waals surface area contributed by atoms with E-state index in [0.717, 1.165) is 16.5 Å². The number of benzene rings is 2. The summed E-state index contributed by atoms with van der Waals surface area (Å²) >= 11 is 0. The Morgan fingerprint density at radius 3 is 2.39 bits per heavy atom. The second-order valence-corrected chi connectivity index (χ2v) is 7.30. The van der Waals surface area contributed by atoms with Crippen LogP contribution in [0, 0.1) is 6.92 Å². The average Bonchev–Trinajstić information content (AvgIpc) is 2.78. The van der Waals surface area contributed by atoms with Gasteiger partial charge >= 0.3 is 0 Å². The lowest BCUT2D eigenvalue weighted by Crippen LogP contribution is -2.37. The predicted octanol–water partition coefficient (Wildman–Crippen LogP) is 3.26. The van der Waals surface area contributed by atoms with Gasteiger partial charge in [-0.25, -0.2) is 0 Å². The van der Waals surface area contributed by atoms with Crippen LogP contribution in [0.4, 0.5) is 0 Å². The number of nitrogens with zero attached hydrogens (tertiary/aromatic N) is 1. The molecule has 0 saturated heterocycles. The van der Waals surface area contributed by atoms with Gasteiger partial charge in [0.2, 0.25) is 5.91 Å². The van der Waals surface area contributed by atoms with Crippen LogP contribution in [-0.4, -0.2) is 38.3 Å². The zero-order valence-corrected chi connectivity index (χ0v) is 18.5. The quantitative estimate of drug-likeness (QED) is 0.601. The highest BCUT2D eigenvalue weighted by Crippen LogP contribution is 2.29. The second kappa shape index (κ2) is 9.55. The van der Waals surface area contributed by atoms with Gasteiger partial charge < -0.3 is 19.5 Å². The van der Waals surface area contributed by atoms with E-state index in [1.54, 1.807) is 40.4 Å². The van der Waals surface area contributed by atoms with E-state index in [1.165, 1.54) is 4.57 Å². The van der Waals surface area contributed by atoms with E-state index in [-0.39, 0.29) is 11.5 Å². The Morgan fingerprint density at radius 2 is 1.71 bits per heavy atom. The number of carbonyl (C=O) groups excluding carboxylic acids is 1. The zero-order chi connectivity index (χ0) is 22.5. The number of hydrogen-bond donors (Lipinski definition) is 1. The normalized spacial score (nSPS) is 11.8. The topological polar surface area (TPSA) is 78.8 Å². The first-order chi connectivity index (χ1) is 14.9. The van der Waals surface area contributed by atoms with E-state index >= 15 is 0 Å². The molecule has 0 aliphatic heterocycles. The Hall–Kier alpha value is -3.48. The third kappa shape index (κ3) is 4.50. The minimum Gasteiger partial charge on any atom is -0.495 e. The fourth-order valence-corrected chi connectivity index (χ4v) is 3.71. The third-order valence-electron chi connectivity index (χ3n) is 5.39. The van der Waals surface area contributed by atoms with Crippen LogP contribution in [0.25, 0.3) is 10.9 Å². The predicted molar refractivity (Wildman–Crippen MR) is 120 cm³/mol. The Kier molecular flexibility index (Phi) is 6.84. The molecule has 0 spiro atoms. The van der Waals surface area contributed by atoms with Gasteiger partial charge in [0.1, 0.15) is 11.8 Å². The number of amides is 1. The van der Waals surface area contributed by atoms with Crippen molar-refractivity contribution in [3.8, 4) is 17.2 Å². The number of methoxy groups -OCH3 is 3. The SMILES string of the molecule is COc1ccc(CCNC(=O)C(C)n2c(=O)cc(C)c3cccc(OC)c32)cc1OC. The molecule has 7 heteroatoms. The minimum atomic E-state index is -0.697. The molecule has 1 aromatic heterocycles. The van der Waals surface area contributed by atoms with Gasteiger partial charge in [0.15, 0.2) is 11.5 Å². The van der Waals surface area contributed by atoms with Gasteiger partial charge in [-0.05, 0) is 49.6 Å². The van der Waals surface area contributed by atoms with Crippen molar-refractivity contribution in [3.63, 3.8) is 0 Å². The van der Waals surface area contributed by atoms with E-state index in [2.05, 4.69) is 5.32 Å². The standard InChI is InChI=1S/C24H28N2O5/c1-15-13-22(27)26(23-18(15)7-6-8-20(23)30-4)16(2)24(28)25-12-11-17-9-10-19(29-3)21(14-17)31-5/h6-10,13-14,16H,11-12H2,1-5H3,(H,25,28). The molecule has 0 radical (unpaired) electrons. The summed E-state index contributed by atoms with van der Waals surface area (Å²) in [5.74, 6) is 1.62. The lowest BCUT2D eigenvalue weighted by molar-refractivity contribution is -0.123. The summed E-state index contributed by atoms with van der Waals surface area (Å²) in [6, 6.07) is 12.1. The molecule has 1 N–H and O–H groups in total. The number of aryl methyl sites for hydroxylation is 1. The molecule has 1 heterocycles. The van der Waals surface area contributed by atoms with Gasteiger partial charge in [-0.1, -0.05) is 18.2 Å². The maximum Gasteiger partial charge on any atom is 0.252 e. The average molecular weight is 424 g/mol. The first-order valence-electron chi connectivity index (χ1n) is 10.1. The Bertz CT molecular complexity index is 1150. The maximum atomic E-state index is 12.9. The largest absolute Gasteiger partial charge is 0.495 e. The lowest BCUT2D eigenvalue weighted by Gasteiger charge is -2.20. The number of fused-ring (bicyclic) bond motifs is 1. The highest BCUT2D eigenvalue weighted by atomic mass is 16.5. The molecular weight excluding hydrogens is 396 g/mol. The van der Waals surface area contributed by atoms with E-state index in [9.17, 15) is 9.59 Å². The number of nitrogens with one attached hydrogen (secondary N) is 1. The molecule has 3 aromatic rings. The van der Waals surface area contributed by atoms with Gasteiger partial charge in [-0.2, -0.15) is 0 Å². The molecule has 1 amide bonds. The fourth-order valence-electron chi connectivity index (χ4n) is 3.71. The van der Waals surface area contributed by atoms with E-state index < -0.39 is 6.04 Å². The van der Waals surface area contributed by atoms with Crippen molar-refractivity contribution in [2.45, 2.75) is 26.3 Å². The Labute approximate surface area is 181 Å². The van der Waals surface area contributed by atoms with Crippen LogP contribution in [0.15, 0.2) is 47.3 Å². The number of pyridine rings is 1. The second-order valence-electron chi connectivity index (χ2n) is 7.30. The molecule has 7 nitrogen and oxygen atoms in total. The highest BCUT2D eigenvalue weighted by Gasteiger charge is 2.21.